The van der Waals surface area contributed by atoms with E-state index in [-0.39, 0.29) is 11.4 Å². The molecule has 0 bridgehead atoms. The number of aromatic nitrogens is 1. The molecule has 1 aromatic heterocycles. The van der Waals surface area contributed by atoms with E-state index in [9.17, 15) is 4.39 Å². The maximum atomic E-state index is 14.4. The summed E-state index contributed by atoms with van der Waals surface area (Å²) >= 11 is 6.10. The molecule has 3 rings (SSSR count). The summed E-state index contributed by atoms with van der Waals surface area (Å²) in [4.78, 5) is 4.25. The Kier molecular flexibility index (Phi) is 3.73. The number of ether oxygens (including phenoxy) is 2. The number of rotatable bonds is 2. The lowest BCUT2D eigenvalue weighted by atomic mass is 9.91. The molecule has 2 aromatic rings. The molecule has 116 valence electrons. The largest absolute Gasteiger partial charge is 0.497 e. The van der Waals surface area contributed by atoms with Crippen LogP contribution < -0.4 is 9.47 Å². The Morgan fingerprint density at radius 3 is 2.73 bits per heavy atom. The van der Waals surface area contributed by atoms with E-state index in [1.165, 1.54) is 13.2 Å². The summed E-state index contributed by atoms with van der Waals surface area (Å²) < 4.78 is 25.3. The molecule has 3 nitrogen and oxygen atoms in total. The van der Waals surface area contributed by atoms with Crippen LogP contribution in [0.4, 0.5) is 4.39 Å². The zero-order valence-corrected chi connectivity index (χ0v) is 13.5. The summed E-state index contributed by atoms with van der Waals surface area (Å²) in [6.45, 7) is 4.01. The summed E-state index contributed by atoms with van der Waals surface area (Å²) in [5, 5.41) is 0.293. The molecule has 0 spiro atoms. The number of halogens is 2. The SMILES string of the molecule is COc1ccc(-c2cc(Cl)nc3c2CCC(C)(C)O3)c(F)c1. The second kappa shape index (κ2) is 5.43. The third-order valence-corrected chi connectivity index (χ3v) is 4.07. The first kappa shape index (κ1) is 15.1. The molecule has 0 saturated heterocycles. The molecular formula is C17H17ClFNO2. The smallest absolute Gasteiger partial charge is 0.219 e. The van der Waals surface area contributed by atoms with E-state index < -0.39 is 0 Å². The molecule has 22 heavy (non-hydrogen) atoms. The lowest BCUT2D eigenvalue weighted by Gasteiger charge is -2.32. The minimum atomic E-state index is -0.353. The van der Waals surface area contributed by atoms with Crippen molar-refractivity contribution in [3.8, 4) is 22.8 Å². The van der Waals surface area contributed by atoms with E-state index in [2.05, 4.69) is 4.98 Å². The molecule has 5 heteroatoms. The second-order valence-electron chi connectivity index (χ2n) is 5.98. The molecular weight excluding hydrogens is 305 g/mol. The highest BCUT2D eigenvalue weighted by atomic mass is 35.5. The summed E-state index contributed by atoms with van der Waals surface area (Å²) in [5.74, 6) is 0.621. The van der Waals surface area contributed by atoms with Crippen molar-refractivity contribution in [1.82, 2.24) is 4.98 Å². The van der Waals surface area contributed by atoms with Gasteiger partial charge in [-0.1, -0.05) is 11.6 Å². The summed E-state index contributed by atoms with van der Waals surface area (Å²) in [6.07, 6.45) is 1.61. The van der Waals surface area contributed by atoms with Crippen molar-refractivity contribution in [3.63, 3.8) is 0 Å². The van der Waals surface area contributed by atoms with Gasteiger partial charge in [-0.3, -0.25) is 0 Å². The molecule has 1 aliphatic heterocycles. The topological polar surface area (TPSA) is 31.4 Å². The molecule has 0 aliphatic carbocycles. The van der Waals surface area contributed by atoms with Gasteiger partial charge in [-0.15, -0.1) is 0 Å². The van der Waals surface area contributed by atoms with E-state index in [0.29, 0.717) is 22.3 Å². The summed E-state index contributed by atoms with van der Waals surface area (Å²) in [7, 11) is 1.51. The molecule has 0 saturated carbocycles. The van der Waals surface area contributed by atoms with E-state index >= 15 is 0 Å². The van der Waals surface area contributed by atoms with Crippen molar-refractivity contribution in [2.75, 3.05) is 7.11 Å². The molecule has 1 aromatic carbocycles. The standard InChI is InChI=1S/C17H17ClFNO2/c1-17(2)7-6-12-13(9-15(18)20-16(12)22-17)11-5-4-10(21-3)8-14(11)19/h4-5,8-9H,6-7H2,1-3H3. The first-order valence-electron chi connectivity index (χ1n) is 7.12. The minimum Gasteiger partial charge on any atom is -0.497 e. The Hall–Kier alpha value is -1.81. The molecule has 0 N–H and O–H groups in total. The van der Waals surface area contributed by atoms with Crippen LogP contribution in [0.1, 0.15) is 25.8 Å². The van der Waals surface area contributed by atoms with Gasteiger partial charge in [-0.05, 0) is 50.5 Å². The van der Waals surface area contributed by atoms with Crippen LogP contribution in [0.15, 0.2) is 24.3 Å². The fourth-order valence-electron chi connectivity index (χ4n) is 2.66. The van der Waals surface area contributed by atoms with Gasteiger partial charge >= 0.3 is 0 Å². The molecule has 0 unspecified atom stereocenters. The fraction of sp³-hybridized carbons (Fsp3) is 0.353. The number of pyridine rings is 1. The monoisotopic (exact) mass is 321 g/mol. The molecule has 0 fully saturated rings. The quantitative estimate of drug-likeness (QED) is 0.754. The van der Waals surface area contributed by atoms with Gasteiger partial charge in [0.2, 0.25) is 5.88 Å². The number of methoxy groups -OCH3 is 1. The highest BCUT2D eigenvalue weighted by Gasteiger charge is 2.30. The average molecular weight is 322 g/mol. The lowest BCUT2D eigenvalue weighted by Crippen LogP contribution is -2.33. The van der Waals surface area contributed by atoms with Crippen LogP contribution >= 0.6 is 11.6 Å². The van der Waals surface area contributed by atoms with Gasteiger partial charge in [-0.2, -0.15) is 0 Å². The van der Waals surface area contributed by atoms with Crippen molar-refractivity contribution in [2.45, 2.75) is 32.3 Å². The van der Waals surface area contributed by atoms with E-state index in [0.717, 1.165) is 24.0 Å². The van der Waals surface area contributed by atoms with E-state index in [4.69, 9.17) is 21.1 Å². The third-order valence-electron chi connectivity index (χ3n) is 3.87. The number of benzene rings is 1. The van der Waals surface area contributed by atoms with Crippen LogP contribution in [0.5, 0.6) is 11.6 Å². The van der Waals surface area contributed by atoms with Crippen molar-refractivity contribution in [1.29, 1.82) is 0 Å². The van der Waals surface area contributed by atoms with Gasteiger partial charge < -0.3 is 9.47 Å². The van der Waals surface area contributed by atoms with Gasteiger partial charge in [0.25, 0.3) is 0 Å². The van der Waals surface area contributed by atoms with E-state index in [1.54, 1.807) is 18.2 Å². The van der Waals surface area contributed by atoms with Crippen LogP contribution in [-0.2, 0) is 6.42 Å². The van der Waals surface area contributed by atoms with Gasteiger partial charge in [0.1, 0.15) is 22.3 Å². The Morgan fingerprint density at radius 2 is 2.05 bits per heavy atom. The van der Waals surface area contributed by atoms with Crippen LogP contribution in [-0.4, -0.2) is 17.7 Å². The average Bonchev–Trinajstić information content (AvgIpc) is 2.44. The fourth-order valence-corrected chi connectivity index (χ4v) is 2.85. The molecule has 0 atom stereocenters. The van der Waals surface area contributed by atoms with Crippen LogP contribution in [0.2, 0.25) is 5.15 Å². The predicted octanol–water partition coefficient (Wildman–Crippen LogP) is 4.65. The highest BCUT2D eigenvalue weighted by molar-refractivity contribution is 6.29. The third kappa shape index (κ3) is 2.75. The molecule has 0 radical (unpaired) electrons. The first-order valence-corrected chi connectivity index (χ1v) is 7.50. The van der Waals surface area contributed by atoms with Crippen LogP contribution in [0.3, 0.4) is 0 Å². The zero-order chi connectivity index (χ0) is 15.9. The maximum absolute atomic E-state index is 14.4. The Balaban J connectivity index is 2.14. The Labute approximate surface area is 134 Å². The first-order chi connectivity index (χ1) is 10.4. The lowest BCUT2D eigenvalue weighted by molar-refractivity contribution is 0.0786. The Morgan fingerprint density at radius 1 is 1.27 bits per heavy atom. The summed E-state index contributed by atoms with van der Waals surface area (Å²) in [5.41, 5.74) is 1.81. The van der Waals surface area contributed by atoms with Crippen molar-refractivity contribution >= 4 is 11.6 Å². The second-order valence-corrected chi connectivity index (χ2v) is 6.37. The van der Waals surface area contributed by atoms with Crippen molar-refractivity contribution in [2.24, 2.45) is 0 Å². The number of hydrogen-bond acceptors (Lipinski definition) is 3. The highest BCUT2D eigenvalue weighted by Crippen LogP contribution is 2.40. The Bertz CT molecular complexity index is 731. The normalized spacial score (nSPS) is 15.9. The molecule has 1 aliphatic rings. The van der Waals surface area contributed by atoms with Gasteiger partial charge in [0, 0.05) is 17.2 Å². The number of nitrogens with zero attached hydrogens (tertiary/aromatic N) is 1. The van der Waals surface area contributed by atoms with Crippen molar-refractivity contribution < 1.29 is 13.9 Å². The van der Waals surface area contributed by atoms with Crippen LogP contribution in [0.25, 0.3) is 11.1 Å². The van der Waals surface area contributed by atoms with Gasteiger partial charge in [-0.25, -0.2) is 9.37 Å². The van der Waals surface area contributed by atoms with Crippen LogP contribution in [0, 0.1) is 5.82 Å². The molecule has 0 amide bonds. The number of fused-ring (bicyclic) bond motifs is 1. The predicted molar refractivity (Wildman–Crippen MR) is 84.2 cm³/mol. The van der Waals surface area contributed by atoms with Gasteiger partial charge in [0.05, 0.1) is 7.11 Å². The van der Waals surface area contributed by atoms with Crippen molar-refractivity contribution in [3.05, 3.63) is 40.8 Å². The molecule has 2 heterocycles. The zero-order valence-electron chi connectivity index (χ0n) is 12.7. The maximum Gasteiger partial charge on any atom is 0.219 e. The number of hydrogen-bond donors (Lipinski definition) is 0. The van der Waals surface area contributed by atoms with Gasteiger partial charge in [0.15, 0.2) is 0 Å². The van der Waals surface area contributed by atoms with E-state index in [1.807, 2.05) is 13.8 Å². The summed E-state index contributed by atoms with van der Waals surface area (Å²) in [6, 6.07) is 6.48. The minimum absolute atomic E-state index is 0.291.